The molecule has 0 amide bonds. The first-order valence-electron chi connectivity index (χ1n) is 10.7. The molecule has 0 radical (unpaired) electrons. The van der Waals surface area contributed by atoms with E-state index in [2.05, 4.69) is 54.8 Å². The molecule has 156 valence electrons. The topological polar surface area (TPSA) is 77.3 Å². The summed E-state index contributed by atoms with van der Waals surface area (Å²) in [6.45, 7) is 1.54. The van der Waals surface area contributed by atoms with Crippen molar-refractivity contribution in [1.29, 1.82) is 0 Å². The van der Waals surface area contributed by atoms with E-state index in [1.165, 1.54) is 0 Å². The highest BCUT2D eigenvalue weighted by atomic mass is 16.5. The van der Waals surface area contributed by atoms with Gasteiger partial charge in [-0.2, -0.15) is 7.05 Å². The van der Waals surface area contributed by atoms with Crippen LogP contribution in [0.25, 0.3) is 27.3 Å². The van der Waals surface area contributed by atoms with Gasteiger partial charge in [-0.15, -0.1) is 6.04 Å². The molecule has 30 heavy (non-hydrogen) atoms. The van der Waals surface area contributed by atoms with Gasteiger partial charge in [-0.25, -0.2) is 15.0 Å². The van der Waals surface area contributed by atoms with E-state index in [1.54, 1.807) is 6.33 Å². The minimum atomic E-state index is 0.430. The predicted molar refractivity (Wildman–Crippen MR) is 120 cm³/mol. The normalized spacial score (nSPS) is 21.2. The molecule has 0 saturated heterocycles. The second-order valence-corrected chi connectivity index (χ2v) is 8.18. The van der Waals surface area contributed by atoms with E-state index in [0.717, 1.165) is 71.6 Å². The molecule has 1 fully saturated rings. The van der Waals surface area contributed by atoms with E-state index in [0.29, 0.717) is 18.7 Å². The fourth-order valence-electron chi connectivity index (χ4n) is 4.41. The van der Waals surface area contributed by atoms with Crippen LogP contribution in [-0.4, -0.2) is 54.3 Å². The summed E-state index contributed by atoms with van der Waals surface area (Å²) in [5.74, 6) is 2.63. The Balaban J connectivity index is 1.45. The Morgan fingerprint density at radius 2 is 1.93 bits per heavy atom. The van der Waals surface area contributed by atoms with Gasteiger partial charge in [-0.1, -0.05) is 18.9 Å². The molecule has 5 rings (SSSR count). The van der Waals surface area contributed by atoms with Crippen LogP contribution in [0.5, 0.6) is 5.75 Å². The van der Waals surface area contributed by atoms with Crippen LogP contribution in [0.15, 0.2) is 36.8 Å². The maximum absolute atomic E-state index is 5.84. The summed E-state index contributed by atoms with van der Waals surface area (Å²) in [5, 5.41) is 9.15. The molecular weight excluding hydrogens is 376 g/mol. The third kappa shape index (κ3) is 3.65. The van der Waals surface area contributed by atoms with Gasteiger partial charge in [0, 0.05) is 30.2 Å². The number of nitrogens with zero attached hydrogens (tertiary/aromatic N) is 5. The maximum Gasteiger partial charge on any atom is 0.171 e. The highest BCUT2D eigenvalue weighted by Gasteiger charge is 2.19. The fourth-order valence-corrected chi connectivity index (χ4v) is 4.41. The van der Waals surface area contributed by atoms with Gasteiger partial charge in [0.05, 0.1) is 12.1 Å². The monoisotopic (exact) mass is 403 g/mol. The van der Waals surface area contributed by atoms with Crippen LogP contribution in [0.2, 0.25) is 0 Å². The SMILES string of the molecule is C[N-]C1CCC(Nc2ncnc3ccc(-c4cnc5c(c4)OCCN5C)cc23)CC1. The van der Waals surface area contributed by atoms with Gasteiger partial charge in [0.25, 0.3) is 0 Å². The van der Waals surface area contributed by atoms with E-state index < -0.39 is 0 Å². The fraction of sp³-hybridized carbons (Fsp3) is 0.435. The number of ether oxygens (including phenoxy) is 1. The van der Waals surface area contributed by atoms with Gasteiger partial charge in [0.1, 0.15) is 18.8 Å². The van der Waals surface area contributed by atoms with E-state index in [4.69, 9.17) is 4.74 Å². The summed E-state index contributed by atoms with van der Waals surface area (Å²) in [4.78, 5) is 15.8. The predicted octanol–water partition coefficient (Wildman–Crippen LogP) is 4.25. The maximum atomic E-state index is 5.84. The molecule has 1 aliphatic heterocycles. The molecule has 1 aromatic carbocycles. The van der Waals surface area contributed by atoms with Crippen molar-refractivity contribution in [1.82, 2.24) is 15.0 Å². The number of anilines is 2. The summed E-state index contributed by atoms with van der Waals surface area (Å²) in [5.41, 5.74) is 3.06. The summed E-state index contributed by atoms with van der Waals surface area (Å²) >= 11 is 0. The van der Waals surface area contributed by atoms with Gasteiger partial charge < -0.3 is 20.3 Å². The van der Waals surface area contributed by atoms with Crippen molar-refractivity contribution in [3.8, 4) is 16.9 Å². The number of hydrogen-bond acceptors (Lipinski definition) is 6. The standard InChI is InChI=1S/C23H27N6O/c1-24-17-4-6-18(7-5-17)28-22-19-11-15(3-8-20(19)26-14-27-22)16-12-21-23(25-13-16)29(2)9-10-30-21/h3,8,11-14,17-18H,4-7,9-10H2,1-2H3,(H,26,27,28)/q-1. The molecule has 3 heterocycles. The molecule has 1 saturated carbocycles. The lowest BCUT2D eigenvalue weighted by Crippen LogP contribution is -2.29. The summed E-state index contributed by atoms with van der Waals surface area (Å²) in [6.07, 6.45) is 8.06. The summed E-state index contributed by atoms with van der Waals surface area (Å²) in [7, 11) is 3.97. The van der Waals surface area contributed by atoms with Crippen LogP contribution in [-0.2, 0) is 0 Å². The number of hydrogen-bond donors (Lipinski definition) is 1. The van der Waals surface area contributed by atoms with Crippen molar-refractivity contribution < 1.29 is 4.74 Å². The third-order valence-corrected chi connectivity index (χ3v) is 6.25. The first-order valence-corrected chi connectivity index (χ1v) is 10.7. The number of rotatable bonds is 4. The molecule has 0 bridgehead atoms. The Morgan fingerprint density at radius 3 is 2.77 bits per heavy atom. The summed E-state index contributed by atoms with van der Waals surface area (Å²) in [6, 6.07) is 9.31. The van der Waals surface area contributed by atoms with Crippen LogP contribution in [0.3, 0.4) is 0 Å². The van der Waals surface area contributed by atoms with Crippen LogP contribution in [0, 0.1) is 0 Å². The molecule has 3 aromatic rings. The number of nitrogens with one attached hydrogen (secondary N) is 1. The second-order valence-electron chi connectivity index (χ2n) is 8.18. The lowest BCUT2D eigenvalue weighted by atomic mass is 9.91. The molecule has 2 aliphatic rings. The third-order valence-electron chi connectivity index (χ3n) is 6.25. The molecular formula is C23H27N6O-. The Labute approximate surface area is 176 Å². The van der Waals surface area contributed by atoms with Gasteiger partial charge in [0.2, 0.25) is 0 Å². The molecule has 2 aromatic heterocycles. The largest absolute Gasteiger partial charge is 0.662 e. The average Bonchev–Trinajstić information content (AvgIpc) is 2.79. The van der Waals surface area contributed by atoms with Crippen molar-refractivity contribution in [2.24, 2.45) is 0 Å². The quantitative estimate of drug-likeness (QED) is 0.702. The molecule has 1 N–H and O–H groups in total. The van der Waals surface area contributed by atoms with Crippen molar-refractivity contribution in [3.63, 3.8) is 0 Å². The lowest BCUT2D eigenvalue weighted by Gasteiger charge is -2.36. The van der Waals surface area contributed by atoms with Crippen LogP contribution < -0.4 is 15.0 Å². The number of likely N-dealkylation sites (N-methyl/N-ethyl adjacent to an activating group) is 1. The van der Waals surface area contributed by atoms with E-state index in [-0.39, 0.29) is 0 Å². The zero-order chi connectivity index (χ0) is 20.5. The first kappa shape index (κ1) is 19.1. The smallest absolute Gasteiger partial charge is 0.171 e. The lowest BCUT2D eigenvalue weighted by molar-refractivity contribution is 0.309. The van der Waals surface area contributed by atoms with Crippen LogP contribution >= 0.6 is 0 Å². The zero-order valence-corrected chi connectivity index (χ0v) is 17.5. The van der Waals surface area contributed by atoms with Gasteiger partial charge in [-0.05, 0) is 36.6 Å². The van der Waals surface area contributed by atoms with Crippen molar-refractivity contribution in [2.45, 2.75) is 37.8 Å². The Kier molecular flexibility index (Phi) is 5.12. The first-order chi connectivity index (χ1) is 14.7. The molecule has 0 unspecified atom stereocenters. The second kappa shape index (κ2) is 8.07. The van der Waals surface area contributed by atoms with Gasteiger partial charge in [-0.3, -0.25) is 0 Å². The van der Waals surface area contributed by atoms with Gasteiger partial charge >= 0.3 is 0 Å². The summed E-state index contributed by atoms with van der Waals surface area (Å²) < 4.78 is 5.84. The molecule has 7 nitrogen and oxygen atoms in total. The van der Waals surface area contributed by atoms with Gasteiger partial charge in [0.15, 0.2) is 11.6 Å². The number of pyridine rings is 1. The highest BCUT2D eigenvalue weighted by Crippen LogP contribution is 2.34. The van der Waals surface area contributed by atoms with Crippen molar-refractivity contribution >= 4 is 22.5 Å². The Morgan fingerprint density at radius 1 is 1.07 bits per heavy atom. The Bertz CT molecular complexity index is 1050. The van der Waals surface area contributed by atoms with E-state index in [1.807, 2.05) is 20.3 Å². The van der Waals surface area contributed by atoms with E-state index >= 15 is 0 Å². The number of fused-ring (bicyclic) bond motifs is 2. The highest BCUT2D eigenvalue weighted by molar-refractivity contribution is 5.92. The van der Waals surface area contributed by atoms with E-state index in [9.17, 15) is 0 Å². The molecule has 1 aliphatic carbocycles. The molecule has 0 spiro atoms. The van der Waals surface area contributed by atoms with Crippen LogP contribution in [0.4, 0.5) is 11.6 Å². The van der Waals surface area contributed by atoms with Crippen LogP contribution in [0.1, 0.15) is 25.7 Å². The zero-order valence-electron chi connectivity index (χ0n) is 17.5. The Hall–Kier alpha value is -2.93. The average molecular weight is 404 g/mol. The molecule has 0 atom stereocenters. The van der Waals surface area contributed by atoms with Crippen molar-refractivity contribution in [2.75, 3.05) is 37.5 Å². The molecule has 7 heteroatoms. The number of benzene rings is 1. The minimum Gasteiger partial charge on any atom is -0.662 e. The number of aromatic nitrogens is 3. The van der Waals surface area contributed by atoms with Crippen molar-refractivity contribution in [3.05, 3.63) is 42.1 Å². The minimum absolute atomic E-state index is 0.430.